The molecule has 0 aromatic heterocycles. The van der Waals surface area contributed by atoms with Crippen molar-refractivity contribution in [2.45, 2.75) is 39.2 Å². The molecular formula is C15H26N2. The molecule has 0 aliphatic heterocycles. The van der Waals surface area contributed by atoms with Gasteiger partial charge in [-0.05, 0) is 30.7 Å². The first-order valence-electron chi connectivity index (χ1n) is 6.69. The highest BCUT2D eigenvalue weighted by Crippen LogP contribution is 2.22. The van der Waals surface area contributed by atoms with E-state index in [4.69, 9.17) is 0 Å². The van der Waals surface area contributed by atoms with Crippen LogP contribution in [0.15, 0.2) is 24.3 Å². The van der Waals surface area contributed by atoms with Gasteiger partial charge in [-0.3, -0.25) is 0 Å². The Kier molecular flexibility index (Phi) is 6.06. The molecule has 0 saturated heterocycles. The van der Waals surface area contributed by atoms with Crippen LogP contribution in [0.3, 0.4) is 0 Å². The molecular weight excluding hydrogens is 208 g/mol. The monoisotopic (exact) mass is 234 g/mol. The van der Waals surface area contributed by atoms with E-state index in [-0.39, 0.29) is 0 Å². The maximum atomic E-state index is 3.57. The predicted octanol–water partition coefficient (Wildman–Crippen LogP) is 3.59. The summed E-state index contributed by atoms with van der Waals surface area (Å²) < 4.78 is 0. The van der Waals surface area contributed by atoms with Crippen molar-refractivity contribution in [1.29, 1.82) is 0 Å². The molecule has 17 heavy (non-hydrogen) atoms. The zero-order valence-electron chi connectivity index (χ0n) is 11.7. The molecule has 1 aromatic carbocycles. The van der Waals surface area contributed by atoms with Gasteiger partial charge in [0.1, 0.15) is 0 Å². The third kappa shape index (κ3) is 4.39. The van der Waals surface area contributed by atoms with Crippen molar-refractivity contribution in [3.05, 3.63) is 29.8 Å². The van der Waals surface area contributed by atoms with Gasteiger partial charge in [0.15, 0.2) is 0 Å². The fourth-order valence-corrected chi connectivity index (χ4v) is 2.05. The molecule has 1 unspecified atom stereocenters. The van der Waals surface area contributed by atoms with E-state index in [1.165, 1.54) is 30.5 Å². The van der Waals surface area contributed by atoms with Crippen LogP contribution in [0, 0.1) is 0 Å². The summed E-state index contributed by atoms with van der Waals surface area (Å²) in [4.78, 5) is 2.14. The maximum absolute atomic E-state index is 3.57. The molecule has 1 rings (SSSR count). The van der Waals surface area contributed by atoms with E-state index in [1.54, 1.807) is 0 Å². The van der Waals surface area contributed by atoms with Crippen molar-refractivity contribution < 1.29 is 0 Å². The van der Waals surface area contributed by atoms with E-state index < -0.39 is 0 Å². The van der Waals surface area contributed by atoms with E-state index in [9.17, 15) is 0 Å². The van der Waals surface area contributed by atoms with Crippen LogP contribution in [0.5, 0.6) is 0 Å². The molecule has 1 atom stereocenters. The average Bonchev–Trinajstić information content (AvgIpc) is 2.34. The number of nitrogens with one attached hydrogen (secondary N) is 1. The zero-order chi connectivity index (χ0) is 12.7. The summed E-state index contributed by atoms with van der Waals surface area (Å²) in [5, 5.41) is 3.57. The Hall–Kier alpha value is -1.02. The smallest absolute Gasteiger partial charge is 0.0361 e. The van der Waals surface area contributed by atoms with Crippen molar-refractivity contribution in [1.82, 2.24) is 5.32 Å². The summed E-state index contributed by atoms with van der Waals surface area (Å²) in [6, 6.07) is 9.41. The number of hydrogen-bond acceptors (Lipinski definition) is 2. The summed E-state index contributed by atoms with van der Waals surface area (Å²) in [5.41, 5.74) is 2.67. The van der Waals surface area contributed by atoms with Crippen LogP contribution in [0.25, 0.3) is 0 Å². The molecule has 0 aliphatic rings. The second kappa shape index (κ2) is 7.33. The van der Waals surface area contributed by atoms with Gasteiger partial charge in [-0.2, -0.15) is 0 Å². The van der Waals surface area contributed by atoms with Gasteiger partial charge >= 0.3 is 0 Å². The van der Waals surface area contributed by atoms with Gasteiger partial charge in [-0.1, -0.05) is 38.8 Å². The first-order chi connectivity index (χ1) is 8.19. The van der Waals surface area contributed by atoms with Gasteiger partial charge in [0.05, 0.1) is 0 Å². The summed E-state index contributed by atoms with van der Waals surface area (Å²) in [7, 11) is 4.15. The van der Waals surface area contributed by atoms with Crippen molar-refractivity contribution in [2.75, 3.05) is 25.5 Å². The van der Waals surface area contributed by atoms with Crippen molar-refractivity contribution in [2.24, 2.45) is 0 Å². The number of unbranched alkanes of at least 4 members (excludes halogenated alkanes) is 1. The molecule has 2 heteroatoms. The summed E-state index contributed by atoms with van der Waals surface area (Å²) in [5.74, 6) is 0. The molecule has 1 N–H and O–H groups in total. The number of nitrogens with zero attached hydrogens (tertiary/aromatic N) is 1. The molecule has 0 aliphatic carbocycles. The summed E-state index contributed by atoms with van der Waals surface area (Å²) in [6.07, 6.45) is 3.77. The predicted molar refractivity (Wildman–Crippen MR) is 76.7 cm³/mol. The number of rotatable bonds is 7. The molecule has 1 aromatic rings. The Morgan fingerprint density at radius 3 is 2.24 bits per heavy atom. The highest BCUT2D eigenvalue weighted by molar-refractivity contribution is 5.46. The van der Waals surface area contributed by atoms with Crippen molar-refractivity contribution in [3.8, 4) is 0 Å². The van der Waals surface area contributed by atoms with Gasteiger partial charge in [0.25, 0.3) is 0 Å². The van der Waals surface area contributed by atoms with Crippen LogP contribution in [0.2, 0.25) is 0 Å². The number of benzene rings is 1. The highest BCUT2D eigenvalue weighted by Gasteiger charge is 2.09. The highest BCUT2D eigenvalue weighted by atomic mass is 15.1. The van der Waals surface area contributed by atoms with Gasteiger partial charge in [0.2, 0.25) is 0 Å². The zero-order valence-corrected chi connectivity index (χ0v) is 11.7. The Bertz CT molecular complexity index is 303. The van der Waals surface area contributed by atoms with Gasteiger partial charge in [-0.15, -0.1) is 0 Å². The molecule has 0 amide bonds. The maximum Gasteiger partial charge on any atom is 0.0361 e. The van der Waals surface area contributed by atoms with E-state index in [1.807, 2.05) is 0 Å². The third-order valence-electron chi connectivity index (χ3n) is 3.11. The largest absolute Gasteiger partial charge is 0.378 e. The van der Waals surface area contributed by atoms with Crippen molar-refractivity contribution in [3.63, 3.8) is 0 Å². The van der Waals surface area contributed by atoms with E-state index in [0.717, 1.165) is 6.54 Å². The SMILES string of the molecule is CCCCC(NCC)c1ccc(N(C)C)cc1. The topological polar surface area (TPSA) is 15.3 Å². The lowest BCUT2D eigenvalue weighted by Gasteiger charge is -2.19. The van der Waals surface area contributed by atoms with E-state index in [0.29, 0.717) is 6.04 Å². The first kappa shape index (κ1) is 14.0. The number of anilines is 1. The van der Waals surface area contributed by atoms with Gasteiger partial charge in [-0.25, -0.2) is 0 Å². The molecule has 96 valence electrons. The molecule has 0 bridgehead atoms. The second-order valence-corrected chi connectivity index (χ2v) is 4.74. The minimum absolute atomic E-state index is 0.510. The molecule has 0 heterocycles. The van der Waals surface area contributed by atoms with Crippen LogP contribution >= 0.6 is 0 Å². The Balaban J connectivity index is 2.72. The van der Waals surface area contributed by atoms with E-state index >= 15 is 0 Å². The molecule has 2 nitrogen and oxygen atoms in total. The average molecular weight is 234 g/mol. The van der Waals surface area contributed by atoms with Crippen LogP contribution in [0.1, 0.15) is 44.7 Å². The fourth-order valence-electron chi connectivity index (χ4n) is 2.05. The normalized spacial score (nSPS) is 12.5. The van der Waals surface area contributed by atoms with Crippen LogP contribution in [0.4, 0.5) is 5.69 Å². The lowest BCUT2D eigenvalue weighted by molar-refractivity contribution is 0.495. The second-order valence-electron chi connectivity index (χ2n) is 4.74. The lowest BCUT2D eigenvalue weighted by atomic mass is 10.0. The minimum Gasteiger partial charge on any atom is -0.378 e. The summed E-state index contributed by atoms with van der Waals surface area (Å²) in [6.45, 7) is 5.45. The van der Waals surface area contributed by atoms with E-state index in [2.05, 4.69) is 62.4 Å². The van der Waals surface area contributed by atoms with Gasteiger partial charge < -0.3 is 10.2 Å². The molecule has 0 saturated carbocycles. The molecule has 0 spiro atoms. The Morgan fingerprint density at radius 1 is 1.12 bits per heavy atom. The van der Waals surface area contributed by atoms with Gasteiger partial charge in [0, 0.05) is 25.8 Å². The van der Waals surface area contributed by atoms with Crippen LogP contribution in [-0.4, -0.2) is 20.6 Å². The third-order valence-corrected chi connectivity index (χ3v) is 3.11. The standard InChI is InChI=1S/C15H26N2/c1-5-7-8-15(16-6-2)13-9-11-14(12-10-13)17(3)4/h9-12,15-16H,5-8H2,1-4H3. The Morgan fingerprint density at radius 2 is 1.76 bits per heavy atom. The van der Waals surface area contributed by atoms with Crippen LogP contribution in [-0.2, 0) is 0 Å². The first-order valence-corrected chi connectivity index (χ1v) is 6.69. The Labute approximate surface area is 106 Å². The molecule has 0 fully saturated rings. The fraction of sp³-hybridized carbons (Fsp3) is 0.600. The van der Waals surface area contributed by atoms with Crippen LogP contribution < -0.4 is 10.2 Å². The summed E-state index contributed by atoms with van der Waals surface area (Å²) >= 11 is 0. The number of hydrogen-bond donors (Lipinski definition) is 1. The quantitative estimate of drug-likeness (QED) is 0.775. The minimum atomic E-state index is 0.510. The lowest BCUT2D eigenvalue weighted by Crippen LogP contribution is -2.21. The van der Waals surface area contributed by atoms with Crippen molar-refractivity contribution >= 4 is 5.69 Å². The molecule has 0 radical (unpaired) electrons.